The van der Waals surface area contributed by atoms with Gasteiger partial charge in [0.1, 0.15) is 6.61 Å². The van der Waals surface area contributed by atoms with Gasteiger partial charge in [0.25, 0.3) is 5.91 Å². The number of nitrogens with one attached hydrogen (secondary N) is 1. The van der Waals surface area contributed by atoms with Gasteiger partial charge in [0.05, 0.1) is 17.3 Å². The zero-order chi connectivity index (χ0) is 26.8. The van der Waals surface area contributed by atoms with Crippen molar-refractivity contribution in [2.24, 2.45) is 33.7 Å². The van der Waals surface area contributed by atoms with Crippen molar-refractivity contribution in [3.8, 4) is 0 Å². The molecule has 0 spiro atoms. The summed E-state index contributed by atoms with van der Waals surface area (Å²) in [5, 5.41) is 39.4. The Hall–Kier alpha value is -2.62. The van der Waals surface area contributed by atoms with Crippen molar-refractivity contribution in [3.05, 3.63) is 41.7 Å². The predicted molar refractivity (Wildman–Crippen MR) is 138 cm³/mol. The van der Waals surface area contributed by atoms with Crippen molar-refractivity contribution in [3.63, 3.8) is 0 Å². The number of nitrogens with zero attached hydrogens (tertiary/aromatic N) is 2. The number of hydrogen-bond donors (Lipinski definition) is 4. The van der Waals surface area contributed by atoms with Crippen molar-refractivity contribution in [2.45, 2.75) is 82.0 Å². The number of aliphatic hydroxyl groups excluding tert-OH is 1. The lowest BCUT2D eigenvalue weighted by molar-refractivity contribution is -0.237. The van der Waals surface area contributed by atoms with Crippen LogP contribution in [-0.4, -0.2) is 62.3 Å². The minimum absolute atomic E-state index is 0.0532. The molecule has 4 saturated carbocycles. The summed E-state index contributed by atoms with van der Waals surface area (Å²) in [6.07, 6.45) is 11.2. The molecule has 9 heteroatoms. The number of rotatable bonds is 4. The van der Waals surface area contributed by atoms with Crippen LogP contribution in [0, 0.1) is 28.6 Å². The van der Waals surface area contributed by atoms with Gasteiger partial charge in [0.2, 0.25) is 0 Å². The lowest BCUT2D eigenvalue weighted by atomic mass is 9.41. The minimum Gasteiger partial charge on any atom is -0.458 e. The predicted octanol–water partition coefficient (Wildman–Crippen LogP) is 2.51. The summed E-state index contributed by atoms with van der Waals surface area (Å²) in [6, 6.07) is 3.22. The molecule has 6 rings (SSSR count). The maximum Gasteiger partial charge on any atom is 0.331 e. The molecule has 4 N–H and O–H groups in total. The molecule has 38 heavy (non-hydrogen) atoms. The van der Waals surface area contributed by atoms with E-state index in [-0.39, 0.29) is 36.1 Å². The third-order valence-electron chi connectivity index (χ3n) is 11.0. The van der Waals surface area contributed by atoms with Crippen molar-refractivity contribution >= 4 is 18.1 Å². The number of carbonyl (C=O) groups is 2. The number of hydrazone groups is 1. The highest BCUT2D eigenvalue weighted by atomic mass is 16.5. The number of fused-ring (bicyclic) bond motifs is 5. The molecule has 204 valence electrons. The molecule has 1 aliphatic heterocycles. The average molecular weight is 524 g/mol. The van der Waals surface area contributed by atoms with Crippen LogP contribution in [0.4, 0.5) is 0 Å². The molecular formula is C29H37N3O6. The first kappa shape index (κ1) is 25.6. The van der Waals surface area contributed by atoms with Crippen LogP contribution < -0.4 is 5.43 Å². The second kappa shape index (κ2) is 8.96. The molecule has 0 aromatic carbocycles. The van der Waals surface area contributed by atoms with Crippen LogP contribution in [0.2, 0.25) is 0 Å². The van der Waals surface area contributed by atoms with Gasteiger partial charge in [-0.15, -0.1) is 0 Å². The summed E-state index contributed by atoms with van der Waals surface area (Å²) in [6.45, 7) is 2.46. The van der Waals surface area contributed by atoms with Crippen LogP contribution in [-0.2, 0) is 9.53 Å². The largest absolute Gasteiger partial charge is 0.458 e. The number of hydrogen-bond acceptors (Lipinski definition) is 8. The second-order valence-electron chi connectivity index (χ2n) is 12.5. The quantitative estimate of drug-likeness (QED) is 0.270. The lowest BCUT2D eigenvalue weighted by Crippen LogP contribution is -2.68. The van der Waals surface area contributed by atoms with E-state index in [2.05, 4.69) is 22.4 Å². The first-order valence-corrected chi connectivity index (χ1v) is 13.9. The van der Waals surface area contributed by atoms with E-state index >= 15 is 0 Å². The zero-order valence-corrected chi connectivity index (χ0v) is 21.8. The third kappa shape index (κ3) is 3.62. The Balaban J connectivity index is 1.33. The third-order valence-corrected chi connectivity index (χ3v) is 11.0. The summed E-state index contributed by atoms with van der Waals surface area (Å²) in [4.78, 5) is 28.4. The van der Waals surface area contributed by atoms with E-state index < -0.39 is 28.1 Å². The summed E-state index contributed by atoms with van der Waals surface area (Å²) < 4.78 is 5.22. The van der Waals surface area contributed by atoms with Gasteiger partial charge in [0, 0.05) is 47.5 Å². The van der Waals surface area contributed by atoms with Crippen LogP contribution in [0.5, 0.6) is 0 Å². The van der Waals surface area contributed by atoms with E-state index in [0.717, 1.165) is 24.8 Å². The first-order valence-electron chi connectivity index (χ1n) is 13.9. The molecule has 4 aliphatic carbocycles. The van der Waals surface area contributed by atoms with Crippen LogP contribution in [0.25, 0.3) is 0 Å². The number of pyridine rings is 1. The van der Waals surface area contributed by atoms with Gasteiger partial charge in [-0.25, -0.2) is 10.2 Å². The number of esters is 1. The SMILES string of the molecule is C[C@]12CC[C@H]3[C@@H](CC[C@]4(O)C[C@H](O)CC[C@]34/C=N\NC(=O)c3ccncc3)[C@]1(O)CC[C@@H]2C1=CC(=O)OC1. The fraction of sp³-hybridized carbons (Fsp3) is 0.655. The number of aromatic nitrogens is 1. The van der Waals surface area contributed by atoms with Gasteiger partial charge in [-0.3, -0.25) is 9.78 Å². The Morgan fingerprint density at radius 1 is 1.11 bits per heavy atom. The number of carbonyl (C=O) groups excluding carboxylic acids is 2. The van der Waals surface area contributed by atoms with Gasteiger partial charge in [0.15, 0.2) is 0 Å². The zero-order valence-electron chi connectivity index (χ0n) is 21.8. The molecule has 0 radical (unpaired) electrons. The van der Waals surface area contributed by atoms with Gasteiger partial charge in [-0.2, -0.15) is 5.10 Å². The minimum atomic E-state index is -1.17. The molecule has 8 atom stereocenters. The van der Waals surface area contributed by atoms with Crippen molar-refractivity contribution in [1.29, 1.82) is 0 Å². The Bertz CT molecular complexity index is 1190. The van der Waals surface area contributed by atoms with Crippen LogP contribution in [0.3, 0.4) is 0 Å². The highest BCUT2D eigenvalue weighted by Crippen LogP contribution is 2.70. The lowest BCUT2D eigenvalue weighted by Gasteiger charge is -2.65. The Morgan fingerprint density at radius 3 is 2.61 bits per heavy atom. The molecule has 1 aromatic heterocycles. The molecule has 9 nitrogen and oxygen atoms in total. The van der Waals surface area contributed by atoms with E-state index in [0.29, 0.717) is 44.3 Å². The molecule has 1 amide bonds. The molecular weight excluding hydrogens is 486 g/mol. The molecule has 0 saturated heterocycles. The standard InChI is InChI=1S/C29H37N3O6/c1-26-8-3-22-23(29(26,37)11-5-21(26)19-14-24(34)38-16-19)4-10-28(36)15-20(33)2-9-27(22,28)17-31-32-25(35)18-6-12-30-13-7-18/h6-7,12-14,17,20-23,33,36-37H,2-5,8-11,15-16H2,1H3,(H,32,35)/b31-17-/t20-,21-,22+,23-,26-,27+,28+,29-/m1/s1. The smallest absolute Gasteiger partial charge is 0.331 e. The maximum atomic E-state index is 12.7. The second-order valence-corrected chi connectivity index (χ2v) is 12.5. The number of ether oxygens (including phenoxy) is 1. The van der Waals surface area contributed by atoms with Gasteiger partial charge in [-0.1, -0.05) is 6.92 Å². The number of cyclic esters (lactones) is 1. The highest BCUT2D eigenvalue weighted by molar-refractivity contribution is 5.94. The molecule has 0 bridgehead atoms. The van der Waals surface area contributed by atoms with E-state index in [4.69, 9.17) is 4.74 Å². The topological polar surface area (TPSA) is 141 Å². The van der Waals surface area contributed by atoms with Crippen LogP contribution in [0.1, 0.15) is 75.1 Å². The summed E-state index contributed by atoms with van der Waals surface area (Å²) in [7, 11) is 0. The van der Waals surface area contributed by atoms with E-state index in [1.54, 1.807) is 36.8 Å². The molecule has 4 fully saturated rings. The average Bonchev–Trinajstić information content (AvgIpc) is 3.44. The Labute approximate surface area is 222 Å². The van der Waals surface area contributed by atoms with E-state index in [9.17, 15) is 24.9 Å². The normalized spacial score (nSPS) is 44.1. The highest BCUT2D eigenvalue weighted by Gasteiger charge is 2.71. The molecule has 0 unspecified atom stereocenters. The fourth-order valence-corrected chi connectivity index (χ4v) is 9.13. The Morgan fingerprint density at radius 2 is 1.87 bits per heavy atom. The van der Waals surface area contributed by atoms with Crippen LogP contribution >= 0.6 is 0 Å². The van der Waals surface area contributed by atoms with Crippen molar-refractivity contribution < 1.29 is 29.6 Å². The number of aliphatic hydroxyl groups is 3. The fourth-order valence-electron chi connectivity index (χ4n) is 9.13. The van der Waals surface area contributed by atoms with E-state index in [1.165, 1.54) is 0 Å². The van der Waals surface area contributed by atoms with Crippen molar-refractivity contribution in [2.75, 3.05) is 6.61 Å². The van der Waals surface area contributed by atoms with Crippen LogP contribution in [0.15, 0.2) is 41.3 Å². The van der Waals surface area contributed by atoms with Gasteiger partial charge >= 0.3 is 5.97 Å². The first-order chi connectivity index (χ1) is 18.1. The summed E-state index contributed by atoms with van der Waals surface area (Å²) in [5.41, 5.74) is 0.743. The maximum absolute atomic E-state index is 12.7. The van der Waals surface area contributed by atoms with Gasteiger partial charge < -0.3 is 20.1 Å². The molecule has 1 aromatic rings. The summed E-state index contributed by atoms with van der Waals surface area (Å²) >= 11 is 0. The van der Waals surface area contributed by atoms with Crippen molar-refractivity contribution in [1.82, 2.24) is 10.4 Å². The Kier molecular flexibility index (Phi) is 6.05. The number of amides is 1. The van der Waals surface area contributed by atoms with Gasteiger partial charge in [-0.05, 0) is 86.8 Å². The van der Waals surface area contributed by atoms with E-state index in [1.807, 2.05) is 0 Å². The monoisotopic (exact) mass is 523 g/mol. The molecule has 5 aliphatic rings. The molecule has 2 heterocycles. The summed E-state index contributed by atoms with van der Waals surface area (Å²) in [5.74, 6) is -0.703.